The maximum atomic E-state index is 5.17. The van der Waals surface area contributed by atoms with E-state index in [4.69, 9.17) is 3.07 Å². The van der Waals surface area contributed by atoms with Crippen molar-refractivity contribution in [2.24, 2.45) is 0 Å². The summed E-state index contributed by atoms with van der Waals surface area (Å²) in [6.45, 7) is 2.03. The zero-order valence-electron chi connectivity index (χ0n) is 6.06. The molecule has 0 amide bonds. The van der Waals surface area contributed by atoms with E-state index < -0.39 is 0 Å². The van der Waals surface area contributed by atoms with Crippen molar-refractivity contribution in [2.45, 2.75) is 18.6 Å². The Morgan fingerprint density at radius 3 is 3.10 bits per heavy atom. The second kappa shape index (κ2) is 4.48. The van der Waals surface area contributed by atoms with Crippen molar-refractivity contribution < 1.29 is 3.07 Å². The highest BCUT2D eigenvalue weighted by atomic mass is 127. The van der Waals surface area contributed by atoms with E-state index in [2.05, 4.69) is 10.6 Å². The van der Waals surface area contributed by atoms with E-state index in [1.807, 2.05) is 30.1 Å². The molecule has 10 heavy (non-hydrogen) atoms. The zero-order chi connectivity index (χ0) is 7.40. The van der Waals surface area contributed by atoms with Gasteiger partial charge in [0.25, 0.3) is 0 Å². The lowest BCUT2D eigenvalue weighted by molar-refractivity contribution is 0.303. The van der Waals surface area contributed by atoms with Crippen LogP contribution in [-0.2, 0) is 3.07 Å². The minimum Gasteiger partial charge on any atom is -0.318 e. The third-order valence-electron chi connectivity index (χ3n) is 1.76. The van der Waals surface area contributed by atoms with Gasteiger partial charge >= 0.3 is 0 Å². The highest BCUT2D eigenvalue weighted by Crippen LogP contribution is 2.11. The fraction of sp³-hybridized carbons (Fsp3) is 1.00. The number of hydrogen-bond acceptors (Lipinski definition) is 3. The van der Waals surface area contributed by atoms with Crippen LogP contribution in [0.4, 0.5) is 0 Å². The molecular formula is C6H13IN2O. The van der Waals surface area contributed by atoms with Gasteiger partial charge in [-0.05, 0) is 13.5 Å². The molecule has 4 heteroatoms. The average molecular weight is 256 g/mol. The molecule has 0 radical (unpaired) electrons. The van der Waals surface area contributed by atoms with Crippen molar-refractivity contribution in [1.82, 2.24) is 10.6 Å². The fourth-order valence-electron chi connectivity index (χ4n) is 1.25. The van der Waals surface area contributed by atoms with Crippen LogP contribution in [0.1, 0.15) is 6.42 Å². The summed E-state index contributed by atoms with van der Waals surface area (Å²) in [6, 6.07) is 0.602. The molecule has 0 aliphatic carbocycles. The predicted molar refractivity (Wildman–Crippen MR) is 49.2 cm³/mol. The number of halogens is 1. The SMILES string of the molecule is CNCC1CC(OI)CN1. The van der Waals surface area contributed by atoms with Crippen molar-refractivity contribution in [3.8, 4) is 0 Å². The van der Waals surface area contributed by atoms with Gasteiger partial charge in [-0.1, -0.05) is 0 Å². The first-order valence-electron chi connectivity index (χ1n) is 3.52. The van der Waals surface area contributed by atoms with Crippen LogP contribution in [0.2, 0.25) is 0 Å². The highest BCUT2D eigenvalue weighted by molar-refractivity contribution is 14.1. The standard InChI is InChI=1S/C6H13IN2O/c1-8-3-5-2-6(10-7)4-9-5/h5-6,8-9H,2-4H2,1H3. The van der Waals surface area contributed by atoms with Gasteiger partial charge in [-0.15, -0.1) is 0 Å². The Labute approximate surface area is 75.6 Å². The van der Waals surface area contributed by atoms with Gasteiger partial charge in [-0.3, -0.25) is 0 Å². The van der Waals surface area contributed by atoms with Crippen molar-refractivity contribution >= 4 is 23.0 Å². The summed E-state index contributed by atoms with van der Waals surface area (Å²) < 4.78 is 5.17. The lowest BCUT2D eigenvalue weighted by Gasteiger charge is -2.07. The van der Waals surface area contributed by atoms with Gasteiger partial charge in [-0.25, -0.2) is 0 Å². The fourth-order valence-corrected chi connectivity index (χ4v) is 1.64. The number of likely N-dealkylation sites (N-methyl/N-ethyl adjacent to an activating group) is 1. The van der Waals surface area contributed by atoms with Gasteiger partial charge in [0.2, 0.25) is 0 Å². The molecule has 1 aliphatic rings. The van der Waals surface area contributed by atoms with E-state index in [1.54, 1.807) is 0 Å². The van der Waals surface area contributed by atoms with Crippen LogP contribution in [0.25, 0.3) is 0 Å². The third kappa shape index (κ3) is 2.34. The maximum absolute atomic E-state index is 5.17. The molecule has 1 saturated heterocycles. The normalized spacial score (nSPS) is 33.0. The van der Waals surface area contributed by atoms with Gasteiger partial charge < -0.3 is 13.7 Å². The molecular weight excluding hydrogens is 243 g/mol. The second-order valence-electron chi connectivity index (χ2n) is 2.61. The number of rotatable bonds is 3. The van der Waals surface area contributed by atoms with Crippen LogP contribution in [0, 0.1) is 0 Å². The molecule has 0 aromatic heterocycles. The monoisotopic (exact) mass is 256 g/mol. The topological polar surface area (TPSA) is 33.3 Å². The first-order chi connectivity index (χ1) is 4.86. The molecule has 0 aromatic rings. The van der Waals surface area contributed by atoms with Gasteiger partial charge in [-0.2, -0.15) is 0 Å². The third-order valence-corrected chi connectivity index (χ3v) is 2.48. The first kappa shape index (κ1) is 8.70. The predicted octanol–water partition coefficient (Wildman–Crippen LogP) is 0.303. The Morgan fingerprint density at radius 1 is 1.80 bits per heavy atom. The van der Waals surface area contributed by atoms with Gasteiger partial charge in [0.15, 0.2) is 0 Å². The van der Waals surface area contributed by atoms with Crippen molar-refractivity contribution in [3.63, 3.8) is 0 Å². The van der Waals surface area contributed by atoms with E-state index >= 15 is 0 Å². The minimum absolute atomic E-state index is 0.416. The van der Waals surface area contributed by atoms with E-state index in [9.17, 15) is 0 Å². The van der Waals surface area contributed by atoms with Crippen LogP contribution >= 0.6 is 23.0 Å². The second-order valence-corrected chi connectivity index (χ2v) is 3.12. The molecule has 1 aliphatic heterocycles. The van der Waals surface area contributed by atoms with Gasteiger partial charge in [0.05, 0.1) is 6.10 Å². The Morgan fingerprint density at radius 2 is 2.60 bits per heavy atom. The number of nitrogens with one attached hydrogen (secondary N) is 2. The quantitative estimate of drug-likeness (QED) is 0.713. The van der Waals surface area contributed by atoms with E-state index in [0.29, 0.717) is 12.1 Å². The summed E-state index contributed by atoms with van der Waals surface area (Å²) in [6.07, 6.45) is 1.54. The lowest BCUT2D eigenvalue weighted by Crippen LogP contribution is -2.31. The highest BCUT2D eigenvalue weighted by Gasteiger charge is 2.23. The lowest BCUT2D eigenvalue weighted by atomic mass is 10.2. The molecule has 2 atom stereocenters. The zero-order valence-corrected chi connectivity index (χ0v) is 8.22. The number of hydrogen-bond donors (Lipinski definition) is 2. The van der Waals surface area contributed by atoms with Crippen molar-refractivity contribution in [3.05, 3.63) is 0 Å². The summed E-state index contributed by atoms with van der Waals surface area (Å²) in [4.78, 5) is 0. The minimum atomic E-state index is 0.416. The van der Waals surface area contributed by atoms with E-state index in [1.165, 1.54) is 0 Å². The van der Waals surface area contributed by atoms with Crippen LogP contribution in [0.5, 0.6) is 0 Å². The van der Waals surface area contributed by atoms with Crippen LogP contribution in [0.3, 0.4) is 0 Å². The summed E-state index contributed by atoms with van der Waals surface area (Å²) in [5, 5.41) is 6.50. The molecule has 0 saturated carbocycles. The Hall–Kier alpha value is 0.610. The summed E-state index contributed by atoms with van der Waals surface area (Å²) in [7, 11) is 1.97. The molecule has 1 rings (SSSR count). The summed E-state index contributed by atoms with van der Waals surface area (Å²) >= 11 is 1.97. The molecule has 1 fully saturated rings. The van der Waals surface area contributed by atoms with Gasteiger partial charge in [0, 0.05) is 19.1 Å². The molecule has 0 spiro atoms. The summed E-state index contributed by atoms with van der Waals surface area (Å²) in [5.41, 5.74) is 0. The van der Waals surface area contributed by atoms with Crippen LogP contribution in [-0.4, -0.2) is 32.3 Å². The van der Waals surface area contributed by atoms with Crippen molar-refractivity contribution in [1.29, 1.82) is 0 Å². The van der Waals surface area contributed by atoms with E-state index in [0.717, 1.165) is 19.5 Å². The Bertz CT molecular complexity index is 102. The maximum Gasteiger partial charge on any atom is 0.110 e. The van der Waals surface area contributed by atoms with Crippen molar-refractivity contribution in [2.75, 3.05) is 20.1 Å². The van der Waals surface area contributed by atoms with Gasteiger partial charge in [0.1, 0.15) is 23.0 Å². The van der Waals surface area contributed by atoms with Crippen LogP contribution in [0.15, 0.2) is 0 Å². The molecule has 2 unspecified atom stereocenters. The molecule has 3 nitrogen and oxygen atoms in total. The Balaban J connectivity index is 2.15. The largest absolute Gasteiger partial charge is 0.318 e. The van der Waals surface area contributed by atoms with E-state index in [-0.39, 0.29) is 0 Å². The molecule has 60 valence electrons. The molecule has 0 bridgehead atoms. The molecule has 0 aromatic carbocycles. The Kier molecular flexibility index (Phi) is 3.90. The molecule has 1 heterocycles. The first-order valence-corrected chi connectivity index (χ1v) is 4.40. The average Bonchev–Trinajstić information content (AvgIpc) is 2.37. The smallest absolute Gasteiger partial charge is 0.110 e. The molecule has 2 N–H and O–H groups in total. The summed E-state index contributed by atoms with van der Waals surface area (Å²) in [5.74, 6) is 0. The van der Waals surface area contributed by atoms with Crippen LogP contribution < -0.4 is 10.6 Å².